The summed E-state index contributed by atoms with van der Waals surface area (Å²) in [6.45, 7) is 3.27. The van der Waals surface area contributed by atoms with E-state index < -0.39 is 52.7 Å². The molecule has 266 valence electrons. The number of pyridine rings is 1. The summed E-state index contributed by atoms with van der Waals surface area (Å²) in [6.07, 6.45) is -12.2. The van der Waals surface area contributed by atoms with E-state index in [0.717, 1.165) is 36.4 Å². The number of aromatic nitrogens is 1. The highest BCUT2D eigenvalue weighted by atomic mass is 35.5. The lowest BCUT2D eigenvalue weighted by Gasteiger charge is -2.42. The number of amides is 1. The van der Waals surface area contributed by atoms with Crippen molar-refractivity contribution >= 4 is 43.1 Å². The average Bonchev–Trinajstić information content (AvgIpc) is 2.98. The highest BCUT2D eigenvalue weighted by Gasteiger charge is 2.39. The number of hydrogen-bond acceptors (Lipinski definition) is 4. The summed E-state index contributed by atoms with van der Waals surface area (Å²) in [7, 11) is 0. The molecule has 1 amide bonds. The minimum absolute atomic E-state index is 0. The van der Waals surface area contributed by atoms with Crippen LogP contribution in [0.15, 0.2) is 60.8 Å². The standard InChI is InChI=1S/C31H29F9N4O.3ClH/c32-29(33,34)23-5-3-20(4-6-23)14-26-19-43(11-10-42-9-7-27-21(18-42)2-1-8-41-27)12-13-44(26)28(45)22-15-24(30(35,36)37)17-25(16-22)31(38,39)40;;;/h1-6,8,15-17,26H,7,9-14,18-19H2;3*1H/t26-;;;/m1.../s1. The summed E-state index contributed by atoms with van der Waals surface area (Å²) in [5.41, 5.74) is -2.23. The third-order valence-corrected chi connectivity index (χ3v) is 8.19. The summed E-state index contributed by atoms with van der Waals surface area (Å²) >= 11 is 0. The van der Waals surface area contributed by atoms with E-state index in [1.54, 1.807) is 6.20 Å². The van der Waals surface area contributed by atoms with E-state index in [1.165, 1.54) is 17.0 Å². The van der Waals surface area contributed by atoms with Gasteiger partial charge in [0.25, 0.3) is 5.91 Å². The molecular formula is C31H32Cl3F9N4O. The van der Waals surface area contributed by atoms with Gasteiger partial charge in [0.05, 0.1) is 16.7 Å². The number of piperazine rings is 1. The smallest absolute Gasteiger partial charge is 0.333 e. The number of carbonyl (C=O) groups excluding carboxylic acids is 1. The van der Waals surface area contributed by atoms with Gasteiger partial charge in [-0.2, -0.15) is 39.5 Å². The number of benzene rings is 2. The molecule has 3 heterocycles. The molecule has 1 aromatic heterocycles. The summed E-state index contributed by atoms with van der Waals surface area (Å²) < 4.78 is 120. The van der Waals surface area contributed by atoms with E-state index in [4.69, 9.17) is 0 Å². The number of rotatable bonds is 6. The van der Waals surface area contributed by atoms with Crippen LogP contribution in [0.4, 0.5) is 39.5 Å². The van der Waals surface area contributed by atoms with E-state index in [2.05, 4.69) is 9.88 Å². The molecule has 1 saturated heterocycles. The van der Waals surface area contributed by atoms with Crippen molar-refractivity contribution in [2.24, 2.45) is 0 Å². The van der Waals surface area contributed by atoms with Crippen LogP contribution in [0.25, 0.3) is 0 Å². The van der Waals surface area contributed by atoms with Gasteiger partial charge in [0.15, 0.2) is 0 Å². The Balaban J connectivity index is 0.00000267. The molecule has 0 aliphatic carbocycles. The van der Waals surface area contributed by atoms with Crippen molar-refractivity contribution in [1.29, 1.82) is 0 Å². The Bertz CT molecular complexity index is 1490. The Morgan fingerprint density at radius 3 is 1.90 bits per heavy atom. The Morgan fingerprint density at radius 2 is 1.31 bits per heavy atom. The van der Waals surface area contributed by atoms with Crippen molar-refractivity contribution < 1.29 is 44.3 Å². The molecule has 0 saturated carbocycles. The van der Waals surface area contributed by atoms with Crippen molar-refractivity contribution in [3.63, 3.8) is 0 Å². The second-order valence-corrected chi connectivity index (χ2v) is 11.3. The molecule has 2 aliphatic heterocycles. The second-order valence-electron chi connectivity index (χ2n) is 11.3. The fraction of sp³-hybridized carbons (Fsp3) is 0.419. The highest BCUT2D eigenvalue weighted by Crippen LogP contribution is 2.37. The van der Waals surface area contributed by atoms with Crippen molar-refractivity contribution in [3.8, 4) is 0 Å². The van der Waals surface area contributed by atoms with Gasteiger partial charge in [-0.3, -0.25) is 19.6 Å². The van der Waals surface area contributed by atoms with Gasteiger partial charge in [-0.15, -0.1) is 37.2 Å². The zero-order valence-electron chi connectivity index (χ0n) is 25.0. The Hall–Kier alpha value is -2.78. The maximum atomic E-state index is 13.6. The first-order chi connectivity index (χ1) is 21.1. The number of fused-ring (bicyclic) bond motifs is 1. The van der Waals surface area contributed by atoms with Crippen LogP contribution >= 0.6 is 37.2 Å². The number of carbonyl (C=O) groups is 1. The highest BCUT2D eigenvalue weighted by molar-refractivity contribution is 5.95. The van der Waals surface area contributed by atoms with Crippen molar-refractivity contribution in [2.45, 2.75) is 44.0 Å². The maximum absolute atomic E-state index is 13.6. The molecule has 17 heteroatoms. The topological polar surface area (TPSA) is 39.7 Å². The maximum Gasteiger partial charge on any atom is 0.416 e. The van der Waals surface area contributed by atoms with Gasteiger partial charge in [-0.25, -0.2) is 0 Å². The van der Waals surface area contributed by atoms with Gasteiger partial charge >= 0.3 is 18.5 Å². The fourth-order valence-electron chi connectivity index (χ4n) is 5.81. The van der Waals surface area contributed by atoms with E-state index >= 15 is 0 Å². The summed E-state index contributed by atoms with van der Waals surface area (Å²) in [5.74, 6) is -1.01. The zero-order valence-corrected chi connectivity index (χ0v) is 27.5. The Morgan fingerprint density at radius 1 is 0.729 bits per heavy atom. The molecule has 5 nitrogen and oxygen atoms in total. The van der Waals surface area contributed by atoms with Crippen LogP contribution in [0.1, 0.15) is 43.9 Å². The fourth-order valence-corrected chi connectivity index (χ4v) is 5.81. The molecule has 2 aromatic carbocycles. The molecular weight excluding hydrogens is 722 g/mol. The van der Waals surface area contributed by atoms with Gasteiger partial charge in [0.2, 0.25) is 0 Å². The molecule has 1 atom stereocenters. The lowest BCUT2D eigenvalue weighted by Crippen LogP contribution is -2.57. The van der Waals surface area contributed by atoms with Crippen LogP contribution < -0.4 is 0 Å². The minimum Gasteiger partial charge on any atom is -0.333 e. The first-order valence-electron chi connectivity index (χ1n) is 14.2. The molecule has 0 bridgehead atoms. The minimum atomic E-state index is -5.13. The van der Waals surface area contributed by atoms with Gasteiger partial charge < -0.3 is 4.90 Å². The molecule has 5 rings (SSSR count). The van der Waals surface area contributed by atoms with Crippen LogP contribution in [-0.2, 0) is 37.9 Å². The number of alkyl halides is 9. The first-order valence-corrected chi connectivity index (χ1v) is 14.2. The number of nitrogens with zero attached hydrogens (tertiary/aromatic N) is 4. The lowest BCUT2D eigenvalue weighted by molar-refractivity contribution is -0.143. The van der Waals surface area contributed by atoms with E-state index in [9.17, 15) is 44.3 Å². The molecule has 48 heavy (non-hydrogen) atoms. The molecule has 2 aliphatic rings. The normalized spacial score (nSPS) is 17.4. The van der Waals surface area contributed by atoms with Crippen LogP contribution in [0.2, 0.25) is 0 Å². The molecule has 0 radical (unpaired) electrons. The second kappa shape index (κ2) is 16.3. The predicted molar refractivity (Wildman–Crippen MR) is 168 cm³/mol. The third-order valence-electron chi connectivity index (χ3n) is 8.19. The van der Waals surface area contributed by atoms with E-state index in [1.807, 2.05) is 17.0 Å². The van der Waals surface area contributed by atoms with E-state index in [-0.39, 0.29) is 62.8 Å². The van der Waals surface area contributed by atoms with Gasteiger partial charge in [0, 0.05) is 75.7 Å². The third kappa shape index (κ3) is 10.1. The predicted octanol–water partition coefficient (Wildman–Crippen LogP) is 7.83. The van der Waals surface area contributed by atoms with Crippen molar-refractivity contribution in [2.75, 3.05) is 39.3 Å². The molecule has 0 N–H and O–H groups in total. The molecule has 3 aromatic rings. The van der Waals surface area contributed by atoms with Crippen LogP contribution in [-0.4, -0.2) is 70.9 Å². The van der Waals surface area contributed by atoms with Crippen LogP contribution in [0, 0.1) is 0 Å². The monoisotopic (exact) mass is 752 g/mol. The zero-order chi connectivity index (χ0) is 32.6. The SMILES string of the molecule is Cl.Cl.Cl.O=C(c1cc(C(F)(F)F)cc(C(F)(F)F)c1)N1CCN(CCN2CCc3ncccc3C2)C[C@H]1Cc1ccc(C(F)(F)F)cc1. The van der Waals surface area contributed by atoms with E-state index in [0.29, 0.717) is 43.9 Å². The summed E-state index contributed by atoms with van der Waals surface area (Å²) in [5, 5.41) is 0. The Kier molecular flexibility index (Phi) is 14.0. The first kappa shape index (κ1) is 41.4. The molecule has 1 fully saturated rings. The van der Waals surface area contributed by atoms with Gasteiger partial charge in [-0.1, -0.05) is 18.2 Å². The molecule has 0 unspecified atom stereocenters. The summed E-state index contributed by atoms with van der Waals surface area (Å²) in [6, 6.07) is 8.24. The van der Waals surface area contributed by atoms with Gasteiger partial charge in [-0.05, 0) is 53.9 Å². The number of halogens is 12. The number of hydrogen-bond donors (Lipinski definition) is 0. The molecule has 0 spiro atoms. The summed E-state index contributed by atoms with van der Waals surface area (Å²) in [4.78, 5) is 23.5. The van der Waals surface area contributed by atoms with Crippen molar-refractivity contribution in [1.82, 2.24) is 19.7 Å². The van der Waals surface area contributed by atoms with Crippen LogP contribution in [0.5, 0.6) is 0 Å². The largest absolute Gasteiger partial charge is 0.416 e. The van der Waals surface area contributed by atoms with Gasteiger partial charge in [0.1, 0.15) is 0 Å². The van der Waals surface area contributed by atoms with Crippen molar-refractivity contribution in [3.05, 3.63) is 99.9 Å². The average molecular weight is 754 g/mol. The quantitative estimate of drug-likeness (QED) is 0.241. The lowest BCUT2D eigenvalue weighted by atomic mass is 9.98. The Labute approximate surface area is 289 Å². The van der Waals surface area contributed by atoms with Crippen LogP contribution in [0.3, 0.4) is 0 Å².